The molecular weight excluding hydrogens is 250 g/mol. The maximum absolute atomic E-state index is 11.5. The van der Waals surface area contributed by atoms with Crippen LogP contribution in [-0.2, 0) is 14.4 Å². The molecule has 0 heterocycles. The predicted octanol–water partition coefficient (Wildman–Crippen LogP) is -1.11. The average Bonchev–Trinajstić information content (AvgIpc) is 2.29. The Kier molecular flexibility index (Phi) is 7.06. The van der Waals surface area contributed by atoms with E-state index < -0.39 is 17.4 Å². The minimum Gasteiger partial charge on any atom is -0.381 e. The summed E-state index contributed by atoms with van der Waals surface area (Å²) in [5.41, 5.74) is 4.38. The van der Waals surface area contributed by atoms with Crippen molar-refractivity contribution in [2.75, 3.05) is 13.1 Å². The molecule has 0 radical (unpaired) electrons. The highest BCUT2D eigenvalue weighted by molar-refractivity contribution is 5.82. The minimum absolute atomic E-state index is 0.0722. The van der Waals surface area contributed by atoms with Gasteiger partial charge in [0.05, 0.1) is 6.54 Å². The van der Waals surface area contributed by atoms with Crippen LogP contribution in [0, 0.1) is 5.41 Å². The molecule has 1 unspecified atom stereocenters. The molecule has 0 saturated heterocycles. The van der Waals surface area contributed by atoms with Crippen molar-refractivity contribution in [2.24, 2.45) is 11.1 Å². The van der Waals surface area contributed by atoms with Crippen LogP contribution in [0.5, 0.6) is 0 Å². The first-order chi connectivity index (χ1) is 8.64. The molecule has 0 spiro atoms. The van der Waals surface area contributed by atoms with Crippen LogP contribution < -0.4 is 16.4 Å². The highest BCUT2D eigenvalue weighted by Crippen LogP contribution is 2.12. The smallest absolute Gasteiger partial charge is 0.248 e. The van der Waals surface area contributed by atoms with Crippen LogP contribution in [0.4, 0.5) is 0 Å². The summed E-state index contributed by atoms with van der Waals surface area (Å²) in [4.78, 5) is 33.3. The fraction of sp³-hybridized carbons (Fsp3) is 0.750. The van der Waals surface area contributed by atoms with E-state index in [0.717, 1.165) is 0 Å². The molecule has 0 aliphatic rings. The second-order valence-electron chi connectivity index (χ2n) is 5.33. The number of aliphatic hydroxyl groups is 1. The zero-order chi connectivity index (χ0) is 15.1. The van der Waals surface area contributed by atoms with Crippen LogP contribution in [0.1, 0.15) is 33.6 Å². The van der Waals surface area contributed by atoms with E-state index >= 15 is 0 Å². The molecule has 0 aromatic rings. The maximum Gasteiger partial charge on any atom is 0.248 e. The van der Waals surface area contributed by atoms with Crippen LogP contribution in [0.15, 0.2) is 0 Å². The number of aliphatic hydroxyl groups excluding tert-OH is 1. The molecule has 110 valence electrons. The lowest BCUT2D eigenvalue weighted by molar-refractivity contribution is -0.129. The topological polar surface area (TPSA) is 122 Å². The van der Waals surface area contributed by atoms with Crippen LogP contribution in [0.25, 0.3) is 0 Å². The zero-order valence-electron chi connectivity index (χ0n) is 11.7. The number of nitrogens with two attached hydrogens (primary N) is 1. The summed E-state index contributed by atoms with van der Waals surface area (Å²) in [6, 6.07) is 0. The van der Waals surface area contributed by atoms with Crippen molar-refractivity contribution in [3.63, 3.8) is 0 Å². The van der Waals surface area contributed by atoms with Gasteiger partial charge < -0.3 is 21.5 Å². The third-order valence-electron chi connectivity index (χ3n) is 2.37. The molecule has 0 bridgehead atoms. The maximum atomic E-state index is 11.5. The molecule has 0 aliphatic heterocycles. The van der Waals surface area contributed by atoms with Gasteiger partial charge in [0.2, 0.25) is 17.7 Å². The van der Waals surface area contributed by atoms with Gasteiger partial charge >= 0.3 is 0 Å². The number of amides is 3. The number of rotatable bonds is 7. The number of primary amides is 1. The Morgan fingerprint density at radius 1 is 1.21 bits per heavy atom. The van der Waals surface area contributed by atoms with E-state index in [1.807, 2.05) is 0 Å². The molecule has 0 fully saturated rings. The van der Waals surface area contributed by atoms with E-state index in [9.17, 15) is 14.4 Å². The molecule has 3 amide bonds. The average molecular weight is 273 g/mol. The van der Waals surface area contributed by atoms with Crippen molar-refractivity contribution in [3.05, 3.63) is 0 Å². The summed E-state index contributed by atoms with van der Waals surface area (Å²) >= 11 is 0. The lowest BCUT2D eigenvalue weighted by Crippen LogP contribution is -2.40. The lowest BCUT2D eigenvalue weighted by atomic mass is 9.96. The molecule has 0 aromatic carbocycles. The van der Waals surface area contributed by atoms with E-state index in [1.165, 1.54) is 0 Å². The van der Waals surface area contributed by atoms with Crippen molar-refractivity contribution in [3.8, 4) is 0 Å². The number of carbonyl (C=O) groups is 3. The Labute approximate surface area is 112 Å². The monoisotopic (exact) mass is 273 g/mol. The molecule has 7 heteroatoms. The Hall–Kier alpha value is -1.63. The van der Waals surface area contributed by atoms with Gasteiger partial charge in [-0.15, -0.1) is 0 Å². The van der Waals surface area contributed by atoms with Gasteiger partial charge in [-0.1, -0.05) is 20.8 Å². The summed E-state index contributed by atoms with van der Waals surface area (Å²) in [6.45, 7) is 5.63. The molecule has 7 nitrogen and oxygen atoms in total. The Balaban J connectivity index is 3.71. The standard InChI is InChI=1S/C12H23N3O4/c1-12(2,3)11(19)14-6-4-5-9(17)15-7-8(16)10(13)18/h8,16H,4-7H2,1-3H3,(H2,13,18)(H,14,19)(H,15,17). The van der Waals surface area contributed by atoms with Crippen LogP contribution in [-0.4, -0.2) is 42.0 Å². The van der Waals surface area contributed by atoms with Gasteiger partial charge in [-0.2, -0.15) is 0 Å². The van der Waals surface area contributed by atoms with Gasteiger partial charge in [-0.25, -0.2) is 0 Å². The molecular formula is C12H23N3O4. The van der Waals surface area contributed by atoms with Crippen molar-refractivity contribution < 1.29 is 19.5 Å². The molecule has 5 N–H and O–H groups in total. The summed E-state index contributed by atoms with van der Waals surface area (Å²) in [6.07, 6.45) is -0.680. The number of carbonyl (C=O) groups excluding carboxylic acids is 3. The molecule has 0 aromatic heterocycles. The SMILES string of the molecule is CC(C)(C)C(=O)NCCCC(=O)NCC(O)C(N)=O. The van der Waals surface area contributed by atoms with E-state index in [-0.39, 0.29) is 24.8 Å². The summed E-state index contributed by atoms with van der Waals surface area (Å²) in [5.74, 6) is -1.25. The fourth-order valence-corrected chi connectivity index (χ4v) is 1.12. The van der Waals surface area contributed by atoms with E-state index in [4.69, 9.17) is 10.8 Å². The molecule has 0 rings (SSSR count). The lowest BCUT2D eigenvalue weighted by Gasteiger charge is -2.17. The summed E-state index contributed by atoms with van der Waals surface area (Å²) in [5, 5.41) is 14.2. The summed E-state index contributed by atoms with van der Waals surface area (Å²) in [7, 11) is 0. The number of nitrogens with one attached hydrogen (secondary N) is 2. The normalized spacial score (nSPS) is 12.6. The number of hydrogen-bond donors (Lipinski definition) is 4. The molecule has 1 atom stereocenters. The second-order valence-corrected chi connectivity index (χ2v) is 5.33. The first-order valence-corrected chi connectivity index (χ1v) is 6.17. The second kappa shape index (κ2) is 7.73. The largest absolute Gasteiger partial charge is 0.381 e. The van der Waals surface area contributed by atoms with Gasteiger partial charge in [0.15, 0.2) is 0 Å². The molecule has 0 aliphatic carbocycles. The van der Waals surface area contributed by atoms with Gasteiger partial charge in [-0.3, -0.25) is 14.4 Å². The third-order valence-corrected chi connectivity index (χ3v) is 2.37. The van der Waals surface area contributed by atoms with Crippen molar-refractivity contribution >= 4 is 17.7 Å². The minimum atomic E-state index is -1.37. The quantitative estimate of drug-likeness (QED) is 0.439. The first kappa shape index (κ1) is 17.4. The Bertz CT molecular complexity index is 336. The van der Waals surface area contributed by atoms with Crippen molar-refractivity contribution in [2.45, 2.75) is 39.7 Å². The highest BCUT2D eigenvalue weighted by atomic mass is 16.3. The summed E-state index contributed by atoms with van der Waals surface area (Å²) < 4.78 is 0. The Morgan fingerprint density at radius 2 is 1.79 bits per heavy atom. The molecule has 0 saturated carbocycles. The Morgan fingerprint density at radius 3 is 2.26 bits per heavy atom. The zero-order valence-corrected chi connectivity index (χ0v) is 11.7. The third kappa shape index (κ3) is 8.15. The predicted molar refractivity (Wildman–Crippen MR) is 69.9 cm³/mol. The van der Waals surface area contributed by atoms with Gasteiger partial charge in [0.25, 0.3) is 0 Å². The van der Waals surface area contributed by atoms with Gasteiger partial charge in [0, 0.05) is 18.4 Å². The first-order valence-electron chi connectivity index (χ1n) is 6.17. The van der Waals surface area contributed by atoms with Crippen molar-refractivity contribution in [1.82, 2.24) is 10.6 Å². The van der Waals surface area contributed by atoms with E-state index in [1.54, 1.807) is 20.8 Å². The fourth-order valence-electron chi connectivity index (χ4n) is 1.12. The van der Waals surface area contributed by atoms with Gasteiger partial charge in [-0.05, 0) is 6.42 Å². The van der Waals surface area contributed by atoms with Gasteiger partial charge in [0.1, 0.15) is 6.10 Å². The molecule has 19 heavy (non-hydrogen) atoms. The van der Waals surface area contributed by atoms with Crippen LogP contribution in [0.3, 0.4) is 0 Å². The number of hydrogen-bond acceptors (Lipinski definition) is 4. The van der Waals surface area contributed by atoms with E-state index in [2.05, 4.69) is 10.6 Å². The van der Waals surface area contributed by atoms with E-state index in [0.29, 0.717) is 13.0 Å². The highest BCUT2D eigenvalue weighted by Gasteiger charge is 2.20. The van der Waals surface area contributed by atoms with Crippen molar-refractivity contribution in [1.29, 1.82) is 0 Å². The van der Waals surface area contributed by atoms with Crippen LogP contribution in [0.2, 0.25) is 0 Å². The van der Waals surface area contributed by atoms with Crippen LogP contribution >= 0.6 is 0 Å².